The lowest BCUT2D eigenvalue weighted by Crippen LogP contribution is -2.34. The van der Waals surface area contributed by atoms with E-state index >= 15 is 0 Å². The molecule has 2 heterocycles. The summed E-state index contributed by atoms with van der Waals surface area (Å²) >= 11 is 0. The Morgan fingerprint density at radius 1 is 1.17 bits per heavy atom. The van der Waals surface area contributed by atoms with Crippen LogP contribution in [0.1, 0.15) is 49.9 Å². The summed E-state index contributed by atoms with van der Waals surface area (Å²) in [6, 6.07) is 7.95. The molecule has 1 aliphatic heterocycles. The van der Waals surface area contributed by atoms with Crippen molar-refractivity contribution in [1.82, 2.24) is 15.0 Å². The van der Waals surface area contributed by atoms with Crippen LogP contribution < -0.4 is 5.73 Å². The lowest BCUT2D eigenvalue weighted by atomic mass is 9.99. The molecule has 0 atom stereocenters. The Bertz CT molecular complexity index is 732. The number of carbonyl (C=O) groups excluding carboxylic acids is 1. The number of amides is 1. The van der Waals surface area contributed by atoms with Gasteiger partial charge in [0.1, 0.15) is 0 Å². The Morgan fingerprint density at radius 3 is 2.58 bits per heavy atom. The highest BCUT2D eigenvalue weighted by Gasteiger charge is 2.36. The number of likely N-dealkylation sites (tertiary alicyclic amines) is 1. The summed E-state index contributed by atoms with van der Waals surface area (Å²) in [5, 5.41) is 4.10. The van der Waals surface area contributed by atoms with Crippen molar-refractivity contribution in [3.8, 4) is 11.5 Å². The molecule has 24 heavy (non-hydrogen) atoms. The summed E-state index contributed by atoms with van der Waals surface area (Å²) in [5.41, 5.74) is 7.94. The van der Waals surface area contributed by atoms with E-state index in [0.717, 1.165) is 49.8 Å². The number of hydrogen-bond donors (Lipinski definition) is 1. The minimum Gasteiger partial charge on any atom is -0.338 e. The lowest BCUT2D eigenvalue weighted by molar-refractivity contribution is -0.128. The standard InChI is InChI=1S/C18H22N4O2/c19-18(9-1-2-10-18)17-20-16(24-21-17)14-7-5-13(6-8-14)12-22-11-3-4-15(22)23/h5-8H,1-4,9-12,19H2. The normalized spacial score (nSPS) is 20.0. The molecule has 1 saturated heterocycles. The van der Waals surface area contributed by atoms with Crippen LogP contribution in [-0.2, 0) is 16.9 Å². The number of benzene rings is 1. The topological polar surface area (TPSA) is 85.2 Å². The van der Waals surface area contributed by atoms with Crippen molar-refractivity contribution in [2.45, 2.75) is 50.6 Å². The molecule has 1 aromatic carbocycles. The number of nitrogens with zero attached hydrogens (tertiary/aromatic N) is 3. The Labute approximate surface area is 141 Å². The maximum atomic E-state index is 11.7. The quantitative estimate of drug-likeness (QED) is 0.933. The number of rotatable bonds is 4. The van der Waals surface area contributed by atoms with Gasteiger partial charge in [0.15, 0.2) is 5.82 Å². The van der Waals surface area contributed by atoms with Crippen molar-refractivity contribution in [2.75, 3.05) is 6.54 Å². The second-order valence-corrected chi connectivity index (χ2v) is 6.90. The van der Waals surface area contributed by atoms with Gasteiger partial charge in [0.25, 0.3) is 5.89 Å². The average molecular weight is 326 g/mol. The van der Waals surface area contributed by atoms with Crippen LogP contribution in [0, 0.1) is 0 Å². The van der Waals surface area contributed by atoms with Gasteiger partial charge in [-0.05, 0) is 37.0 Å². The van der Waals surface area contributed by atoms with Crippen LogP contribution in [0.3, 0.4) is 0 Å². The fourth-order valence-corrected chi connectivity index (χ4v) is 3.62. The Kier molecular flexibility index (Phi) is 3.84. The van der Waals surface area contributed by atoms with Crippen molar-refractivity contribution >= 4 is 5.91 Å². The van der Waals surface area contributed by atoms with Gasteiger partial charge in [-0.1, -0.05) is 30.1 Å². The molecule has 6 nitrogen and oxygen atoms in total. The van der Waals surface area contributed by atoms with E-state index in [9.17, 15) is 4.79 Å². The second kappa shape index (κ2) is 6.02. The third-order valence-corrected chi connectivity index (χ3v) is 5.11. The van der Waals surface area contributed by atoms with E-state index in [1.54, 1.807) is 0 Å². The van der Waals surface area contributed by atoms with Crippen LogP contribution in [0.15, 0.2) is 28.8 Å². The van der Waals surface area contributed by atoms with Crippen molar-refractivity contribution in [3.63, 3.8) is 0 Å². The summed E-state index contributed by atoms with van der Waals surface area (Å²) in [4.78, 5) is 18.1. The monoisotopic (exact) mass is 326 g/mol. The first-order valence-corrected chi connectivity index (χ1v) is 8.64. The molecule has 6 heteroatoms. The highest BCUT2D eigenvalue weighted by atomic mass is 16.5. The predicted octanol–water partition coefficient (Wildman–Crippen LogP) is 2.59. The minimum absolute atomic E-state index is 0.241. The zero-order chi connectivity index (χ0) is 16.6. The fraction of sp³-hybridized carbons (Fsp3) is 0.500. The number of carbonyl (C=O) groups is 1. The molecule has 1 aliphatic carbocycles. The van der Waals surface area contributed by atoms with Crippen LogP contribution in [-0.4, -0.2) is 27.5 Å². The molecule has 0 bridgehead atoms. The molecule has 2 fully saturated rings. The summed E-state index contributed by atoms with van der Waals surface area (Å²) in [7, 11) is 0. The molecule has 4 rings (SSSR count). The predicted molar refractivity (Wildman–Crippen MR) is 88.7 cm³/mol. The number of nitrogens with two attached hydrogens (primary N) is 1. The fourth-order valence-electron chi connectivity index (χ4n) is 3.62. The van der Waals surface area contributed by atoms with E-state index in [2.05, 4.69) is 10.1 Å². The van der Waals surface area contributed by atoms with E-state index in [0.29, 0.717) is 24.7 Å². The van der Waals surface area contributed by atoms with Crippen molar-refractivity contribution < 1.29 is 9.32 Å². The molecule has 1 saturated carbocycles. The highest BCUT2D eigenvalue weighted by Crippen LogP contribution is 2.35. The first-order chi connectivity index (χ1) is 11.6. The van der Waals surface area contributed by atoms with Gasteiger partial charge in [-0.3, -0.25) is 4.79 Å². The van der Waals surface area contributed by atoms with Gasteiger partial charge in [-0.25, -0.2) is 0 Å². The van der Waals surface area contributed by atoms with Crippen LogP contribution in [0.5, 0.6) is 0 Å². The largest absolute Gasteiger partial charge is 0.338 e. The molecule has 2 N–H and O–H groups in total. The summed E-state index contributed by atoms with van der Waals surface area (Å²) in [5.74, 6) is 1.36. The summed E-state index contributed by atoms with van der Waals surface area (Å²) in [6.45, 7) is 1.52. The van der Waals surface area contributed by atoms with Gasteiger partial charge in [-0.15, -0.1) is 0 Å². The zero-order valence-electron chi connectivity index (χ0n) is 13.7. The van der Waals surface area contributed by atoms with Gasteiger partial charge >= 0.3 is 0 Å². The molecule has 2 aliphatic rings. The maximum absolute atomic E-state index is 11.7. The average Bonchev–Trinajstić information content (AvgIpc) is 3.31. The maximum Gasteiger partial charge on any atom is 0.257 e. The van der Waals surface area contributed by atoms with E-state index in [1.165, 1.54) is 0 Å². The molecule has 0 radical (unpaired) electrons. The Morgan fingerprint density at radius 2 is 1.92 bits per heavy atom. The van der Waals surface area contributed by atoms with E-state index < -0.39 is 5.54 Å². The number of hydrogen-bond acceptors (Lipinski definition) is 5. The smallest absolute Gasteiger partial charge is 0.257 e. The molecule has 0 spiro atoms. The first kappa shape index (κ1) is 15.3. The van der Waals surface area contributed by atoms with E-state index in [-0.39, 0.29) is 5.91 Å². The van der Waals surface area contributed by atoms with Gasteiger partial charge in [0.2, 0.25) is 5.91 Å². The van der Waals surface area contributed by atoms with E-state index in [1.807, 2.05) is 29.2 Å². The Hall–Kier alpha value is -2.21. The van der Waals surface area contributed by atoms with Crippen molar-refractivity contribution in [1.29, 1.82) is 0 Å². The summed E-state index contributed by atoms with van der Waals surface area (Å²) in [6.07, 6.45) is 5.68. The van der Waals surface area contributed by atoms with Gasteiger partial charge in [0.05, 0.1) is 5.54 Å². The zero-order valence-corrected chi connectivity index (χ0v) is 13.7. The van der Waals surface area contributed by atoms with E-state index in [4.69, 9.17) is 10.3 Å². The van der Waals surface area contributed by atoms with Gasteiger partial charge in [0, 0.05) is 25.1 Å². The van der Waals surface area contributed by atoms with Gasteiger partial charge in [-0.2, -0.15) is 4.98 Å². The van der Waals surface area contributed by atoms with Crippen LogP contribution in [0.2, 0.25) is 0 Å². The third kappa shape index (κ3) is 2.82. The summed E-state index contributed by atoms with van der Waals surface area (Å²) < 4.78 is 5.41. The number of aromatic nitrogens is 2. The first-order valence-electron chi connectivity index (χ1n) is 8.64. The molecule has 2 aromatic rings. The second-order valence-electron chi connectivity index (χ2n) is 6.90. The molecule has 126 valence electrons. The van der Waals surface area contributed by atoms with Crippen LogP contribution in [0.4, 0.5) is 0 Å². The van der Waals surface area contributed by atoms with Crippen LogP contribution >= 0.6 is 0 Å². The molecular weight excluding hydrogens is 304 g/mol. The highest BCUT2D eigenvalue weighted by molar-refractivity contribution is 5.78. The van der Waals surface area contributed by atoms with Crippen molar-refractivity contribution in [2.24, 2.45) is 5.73 Å². The molecule has 1 amide bonds. The molecule has 1 aromatic heterocycles. The van der Waals surface area contributed by atoms with Gasteiger partial charge < -0.3 is 15.2 Å². The molecular formula is C18H22N4O2. The van der Waals surface area contributed by atoms with Crippen molar-refractivity contribution in [3.05, 3.63) is 35.7 Å². The molecule has 0 unspecified atom stereocenters. The lowest BCUT2D eigenvalue weighted by Gasteiger charge is -2.17. The third-order valence-electron chi connectivity index (χ3n) is 5.11. The Balaban J connectivity index is 1.49. The SMILES string of the molecule is NC1(c2noc(-c3ccc(CN4CCCC4=O)cc3)n2)CCCC1. The minimum atomic E-state index is -0.433. The van der Waals surface area contributed by atoms with Crippen LogP contribution in [0.25, 0.3) is 11.5 Å².